The maximum Gasteiger partial charge on any atom is 0.226 e. The zero-order valence-electron chi connectivity index (χ0n) is 28.6. The number of amides is 2. The van der Waals surface area contributed by atoms with Gasteiger partial charge < -0.3 is 15.7 Å². The topological polar surface area (TPSA) is 95.5 Å². The van der Waals surface area contributed by atoms with Crippen LogP contribution in [0.15, 0.2) is 76.6 Å². The molecule has 6 atom stereocenters. The van der Waals surface area contributed by atoms with E-state index in [1.807, 2.05) is 37.3 Å². The van der Waals surface area contributed by atoms with E-state index in [2.05, 4.69) is 57.4 Å². The molecule has 0 spiro atoms. The first-order valence-electron chi connectivity index (χ1n) is 17.4. The molecule has 6 heteroatoms. The lowest BCUT2D eigenvalue weighted by molar-refractivity contribution is -0.169. The predicted molar refractivity (Wildman–Crippen MR) is 182 cm³/mol. The van der Waals surface area contributed by atoms with Crippen molar-refractivity contribution in [3.05, 3.63) is 82.2 Å². The van der Waals surface area contributed by atoms with E-state index in [-0.39, 0.29) is 45.0 Å². The zero-order chi connectivity index (χ0) is 33.1. The van der Waals surface area contributed by atoms with Crippen LogP contribution in [0.2, 0.25) is 0 Å². The van der Waals surface area contributed by atoms with E-state index in [1.165, 1.54) is 5.57 Å². The minimum absolute atomic E-state index is 0.00235. The first kappa shape index (κ1) is 32.5. The van der Waals surface area contributed by atoms with Crippen molar-refractivity contribution in [3.8, 4) is 0 Å². The van der Waals surface area contributed by atoms with Crippen molar-refractivity contribution < 1.29 is 19.5 Å². The summed E-state index contributed by atoms with van der Waals surface area (Å²) in [5.74, 6) is 0.0572. The van der Waals surface area contributed by atoms with Gasteiger partial charge >= 0.3 is 0 Å². The van der Waals surface area contributed by atoms with Crippen LogP contribution in [-0.2, 0) is 20.8 Å². The van der Waals surface area contributed by atoms with Gasteiger partial charge in [0.2, 0.25) is 17.6 Å². The third-order valence-corrected chi connectivity index (χ3v) is 13.6. The second kappa shape index (κ2) is 11.4. The fourth-order valence-electron chi connectivity index (χ4n) is 10.2. The summed E-state index contributed by atoms with van der Waals surface area (Å²) in [4.78, 5) is 39.0. The molecule has 0 unspecified atom stereocenters. The van der Waals surface area contributed by atoms with Gasteiger partial charge in [-0.1, -0.05) is 82.7 Å². The van der Waals surface area contributed by atoms with Crippen molar-refractivity contribution in [3.63, 3.8) is 0 Å². The number of allylic oxidation sites excluding steroid dienone is 7. The molecule has 0 radical (unpaired) electrons. The molecular formula is C40H52N2O4. The zero-order valence-corrected chi connectivity index (χ0v) is 28.6. The number of aliphatic hydroxyl groups is 1. The van der Waals surface area contributed by atoms with Crippen LogP contribution in [0.5, 0.6) is 0 Å². The first-order chi connectivity index (χ1) is 21.7. The molecule has 5 aliphatic carbocycles. The van der Waals surface area contributed by atoms with Crippen molar-refractivity contribution in [1.82, 2.24) is 10.6 Å². The molecule has 0 bridgehead atoms. The van der Waals surface area contributed by atoms with Gasteiger partial charge in [0, 0.05) is 35.9 Å². The number of aryl methyl sites for hydroxylation is 1. The maximum atomic E-state index is 13.8. The van der Waals surface area contributed by atoms with Crippen LogP contribution >= 0.6 is 0 Å². The molecule has 2 amide bonds. The van der Waals surface area contributed by atoms with E-state index >= 15 is 0 Å². The van der Waals surface area contributed by atoms with Gasteiger partial charge in [0.05, 0.1) is 0 Å². The van der Waals surface area contributed by atoms with E-state index in [0.29, 0.717) is 37.4 Å². The first-order valence-corrected chi connectivity index (χ1v) is 17.4. The number of rotatable bonds is 7. The molecule has 1 aromatic rings. The van der Waals surface area contributed by atoms with Crippen LogP contribution in [0.3, 0.4) is 0 Å². The molecule has 3 fully saturated rings. The highest BCUT2D eigenvalue weighted by atomic mass is 16.3. The van der Waals surface area contributed by atoms with Crippen LogP contribution < -0.4 is 10.6 Å². The van der Waals surface area contributed by atoms with E-state index < -0.39 is 5.41 Å². The Morgan fingerprint density at radius 1 is 0.891 bits per heavy atom. The SMILES string of the molecule is CC1=C(O)C(=O)C=C2C1=CC=C1[C@@]2(C)CC[C@@]2(C)[C@@H]3C[C@](C)(C(=O)NCCNC(=O)CCc4ccccc4)CC[C@]3(C)CC[C@]12C. The largest absolute Gasteiger partial charge is 0.504 e. The van der Waals surface area contributed by atoms with E-state index in [0.717, 1.165) is 61.7 Å². The van der Waals surface area contributed by atoms with Gasteiger partial charge in [-0.3, -0.25) is 14.4 Å². The van der Waals surface area contributed by atoms with Crippen molar-refractivity contribution >= 4 is 17.6 Å². The highest BCUT2D eigenvalue weighted by Crippen LogP contribution is 2.75. The molecule has 0 heterocycles. The lowest BCUT2D eigenvalue weighted by Gasteiger charge is -2.70. The molecule has 6 nitrogen and oxygen atoms in total. The summed E-state index contributed by atoms with van der Waals surface area (Å²) in [7, 11) is 0. The van der Waals surface area contributed by atoms with Gasteiger partial charge in [-0.05, 0) is 103 Å². The van der Waals surface area contributed by atoms with Gasteiger partial charge in [0.15, 0.2) is 5.76 Å². The third-order valence-electron chi connectivity index (χ3n) is 13.6. The smallest absolute Gasteiger partial charge is 0.226 e. The molecule has 6 rings (SSSR count). The number of ketones is 1. The fraction of sp³-hybridized carbons (Fsp3) is 0.575. The Morgan fingerprint density at radius 3 is 2.33 bits per heavy atom. The van der Waals surface area contributed by atoms with Gasteiger partial charge in [0.1, 0.15) is 0 Å². The summed E-state index contributed by atoms with van der Waals surface area (Å²) >= 11 is 0. The Kier molecular flexibility index (Phi) is 8.05. The molecular weight excluding hydrogens is 572 g/mol. The quantitative estimate of drug-likeness (QED) is 0.274. The standard InChI is InChI=1S/C40H52N2O4/c1-26-28-13-14-31-38(4,29(28)24-30(43)34(26)45)19-21-40(6)32-25-37(3,17-16-36(32,2)18-20-39(31,40)5)35(46)42-23-22-41-33(44)15-12-27-10-8-7-9-11-27/h7-11,13-14,24,32,45H,12,15-23,25H2,1-6H3,(H,41,44)(H,42,46)/t32-,36-,37-,38+,39-,40+/m1/s1. The average molecular weight is 625 g/mol. The number of hydrogen-bond donors (Lipinski definition) is 3. The van der Waals surface area contributed by atoms with Crippen LogP contribution in [0.4, 0.5) is 0 Å². The minimum Gasteiger partial charge on any atom is -0.504 e. The average Bonchev–Trinajstić information content (AvgIpc) is 3.04. The summed E-state index contributed by atoms with van der Waals surface area (Å²) in [6, 6.07) is 10.0. The number of carbonyl (C=O) groups excluding carboxylic acids is 3. The second-order valence-corrected chi connectivity index (χ2v) is 16.2. The summed E-state index contributed by atoms with van der Waals surface area (Å²) < 4.78 is 0. The summed E-state index contributed by atoms with van der Waals surface area (Å²) in [5.41, 5.74) is 4.65. The molecule has 0 aromatic heterocycles. The molecule has 3 saturated carbocycles. The van der Waals surface area contributed by atoms with Crippen molar-refractivity contribution in [2.24, 2.45) is 33.0 Å². The van der Waals surface area contributed by atoms with Crippen molar-refractivity contribution in [2.45, 2.75) is 99.3 Å². The number of aliphatic hydroxyl groups excluding tert-OH is 1. The fourth-order valence-corrected chi connectivity index (χ4v) is 10.2. The van der Waals surface area contributed by atoms with Gasteiger partial charge in [-0.25, -0.2) is 0 Å². The van der Waals surface area contributed by atoms with Crippen LogP contribution in [0, 0.1) is 33.0 Å². The lowest BCUT2D eigenvalue weighted by Crippen LogP contribution is -2.62. The minimum atomic E-state index is -0.463. The normalized spacial score (nSPS) is 36.6. The summed E-state index contributed by atoms with van der Waals surface area (Å²) in [6.45, 7) is 14.6. The predicted octanol–water partition coefficient (Wildman–Crippen LogP) is 7.48. The molecule has 46 heavy (non-hydrogen) atoms. The molecule has 0 saturated heterocycles. The summed E-state index contributed by atoms with van der Waals surface area (Å²) in [5, 5.41) is 16.6. The van der Waals surface area contributed by atoms with Gasteiger partial charge in [-0.15, -0.1) is 0 Å². The van der Waals surface area contributed by atoms with E-state index in [1.54, 1.807) is 6.08 Å². The van der Waals surface area contributed by atoms with Crippen LogP contribution in [0.1, 0.15) is 98.5 Å². The van der Waals surface area contributed by atoms with E-state index in [4.69, 9.17) is 0 Å². The molecule has 246 valence electrons. The Balaban J connectivity index is 1.16. The monoisotopic (exact) mass is 624 g/mol. The Bertz CT molecular complexity index is 1580. The van der Waals surface area contributed by atoms with Gasteiger partial charge in [0.25, 0.3) is 0 Å². The number of benzene rings is 1. The molecule has 5 aliphatic rings. The number of fused-ring (bicyclic) bond motifs is 7. The molecule has 1 aromatic carbocycles. The summed E-state index contributed by atoms with van der Waals surface area (Å²) in [6.07, 6.45) is 14.2. The molecule has 3 N–H and O–H groups in total. The molecule has 0 aliphatic heterocycles. The lowest BCUT2D eigenvalue weighted by atomic mass is 9.34. The van der Waals surface area contributed by atoms with Gasteiger partial charge in [-0.2, -0.15) is 0 Å². The van der Waals surface area contributed by atoms with Crippen LogP contribution in [-0.4, -0.2) is 35.8 Å². The highest BCUT2D eigenvalue weighted by molar-refractivity contribution is 6.06. The maximum absolute atomic E-state index is 13.8. The second-order valence-electron chi connectivity index (χ2n) is 16.2. The van der Waals surface area contributed by atoms with Crippen LogP contribution in [0.25, 0.3) is 0 Å². The number of nitrogens with one attached hydrogen (secondary N) is 2. The Hall–Kier alpha value is -3.41. The number of carbonyl (C=O) groups is 3. The third kappa shape index (κ3) is 5.02. The number of hydrogen-bond acceptors (Lipinski definition) is 4. The van der Waals surface area contributed by atoms with Crippen molar-refractivity contribution in [1.29, 1.82) is 0 Å². The Labute approximate surface area is 274 Å². The Morgan fingerprint density at radius 2 is 1.59 bits per heavy atom. The van der Waals surface area contributed by atoms with Crippen molar-refractivity contribution in [2.75, 3.05) is 13.1 Å². The highest BCUT2D eigenvalue weighted by Gasteiger charge is 2.67. The van der Waals surface area contributed by atoms with E-state index in [9.17, 15) is 19.5 Å².